The summed E-state index contributed by atoms with van der Waals surface area (Å²) in [4.78, 5) is 0. The number of hydrogen-bond donors (Lipinski definition) is 1. The monoisotopic (exact) mass is 263 g/mol. The van der Waals surface area contributed by atoms with E-state index in [1.54, 1.807) is 0 Å². The van der Waals surface area contributed by atoms with Crippen LogP contribution in [0.15, 0.2) is 18.2 Å². The van der Waals surface area contributed by atoms with Crippen molar-refractivity contribution in [3.05, 3.63) is 23.8 Å². The van der Waals surface area contributed by atoms with Crippen LogP contribution in [0.2, 0.25) is 0 Å². The van der Waals surface area contributed by atoms with Gasteiger partial charge in [-0.05, 0) is 43.0 Å². The molecule has 1 aromatic rings. The zero-order valence-electron chi connectivity index (χ0n) is 12.2. The summed E-state index contributed by atoms with van der Waals surface area (Å²) in [6, 6.07) is 6.85. The molecule has 0 radical (unpaired) electrons. The summed E-state index contributed by atoms with van der Waals surface area (Å²) in [6.45, 7) is 9.10. The second-order valence-electron chi connectivity index (χ2n) is 5.16. The molecule has 0 saturated heterocycles. The van der Waals surface area contributed by atoms with E-state index in [0.717, 1.165) is 24.5 Å². The van der Waals surface area contributed by atoms with Crippen LogP contribution in [0.1, 0.15) is 45.1 Å². The molecule has 106 valence electrons. The number of benzene rings is 1. The fourth-order valence-corrected chi connectivity index (χ4v) is 2.58. The zero-order chi connectivity index (χ0) is 13.7. The maximum absolute atomic E-state index is 5.66. The first-order valence-electron chi connectivity index (χ1n) is 7.39. The molecule has 0 aromatic heterocycles. The van der Waals surface area contributed by atoms with E-state index in [1.165, 1.54) is 12.0 Å². The molecule has 0 fully saturated rings. The van der Waals surface area contributed by atoms with Gasteiger partial charge in [0.05, 0.1) is 0 Å². The fraction of sp³-hybridized carbons (Fsp3) is 0.625. The summed E-state index contributed by atoms with van der Waals surface area (Å²) >= 11 is 0. The Kier molecular flexibility index (Phi) is 5.08. The molecular formula is C16H25NO2. The SMILES string of the molecule is CCCNC(CC)C(C)c1ccc2c(c1)OCCO2. The van der Waals surface area contributed by atoms with Gasteiger partial charge in [0.15, 0.2) is 11.5 Å². The van der Waals surface area contributed by atoms with E-state index in [1.807, 2.05) is 6.07 Å². The second kappa shape index (κ2) is 6.80. The summed E-state index contributed by atoms with van der Waals surface area (Å²) < 4.78 is 11.2. The lowest BCUT2D eigenvalue weighted by Gasteiger charge is -2.26. The molecule has 2 atom stereocenters. The van der Waals surface area contributed by atoms with Gasteiger partial charge < -0.3 is 14.8 Å². The molecule has 1 aliphatic heterocycles. The van der Waals surface area contributed by atoms with Gasteiger partial charge in [-0.15, -0.1) is 0 Å². The van der Waals surface area contributed by atoms with Crippen LogP contribution in [-0.4, -0.2) is 25.8 Å². The lowest BCUT2D eigenvalue weighted by molar-refractivity contribution is 0.171. The van der Waals surface area contributed by atoms with E-state index in [2.05, 4.69) is 38.2 Å². The molecule has 1 heterocycles. The minimum absolute atomic E-state index is 0.479. The largest absolute Gasteiger partial charge is 0.486 e. The highest BCUT2D eigenvalue weighted by molar-refractivity contribution is 5.45. The lowest BCUT2D eigenvalue weighted by Crippen LogP contribution is -2.33. The summed E-state index contributed by atoms with van der Waals surface area (Å²) in [5, 5.41) is 3.63. The molecular weight excluding hydrogens is 238 g/mol. The van der Waals surface area contributed by atoms with Gasteiger partial charge >= 0.3 is 0 Å². The van der Waals surface area contributed by atoms with E-state index < -0.39 is 0 Å². The molecule has 3 heteroatoms. The van der Waals surface area contributed by atoms with Crippen molar-refractivity contribution in [2.24, 2.45) is 0 Å². The molecule has 0 bridgehead atoms. The maximum Gasteiger partial charge on any atom is 0.161 e. The van der Waals surface area contributed by atoms with Crippen molar-refractivity contribution in [1.29, 1.82) is 0 Å². The van der Waals surface area contributed by atoms with Crippen molar-refractivity contribution >= 4 is 0 Å². The first kappa shape index (κ1) is 14.2. The number of rotatable bonds is 6. The Morgan fingerprint density at radius 2 is 1.89 bits per heavy atom. The Labute approximate surface area is 116 Å². The standard InChI is InChI=1S/C16H25NO2/c1-4-8-17-14(5-2)12(3)13-6-7-15-16(11-13)19-10-9-18-15/h6-7,11-12,14,17H,4-5,8-10H2,1-3H3. The van der Waals surface area contributed by atoms with Gasteiger partial charge in [-0.25, -0.2) is 0 Å². The van der Waals surface area contributed by atoms with Gasteiger partial charge in [-0.1, -0.05) is 26.8 Å². The Balaban J connectivity index is 2.11. The number of ether oxygens (including phenoxy) is 2. The molecule has 19 heavy (non-hydrogen) atoms. The van der Waals surface area contributed by atoms with Gasteiger partial charge in [-0.3, -0.25) is 0 Å². The Bertz CT molecular complexity index is 406. The van der Waals surface area contributed by atoms with E-state index >= 15 is 0 Å². The van der Waals surface area contributed by atoms with Crippen LogP contribution in [0.3, 0.4) is 0 Å². The molecule has 2 unspecified atom stereocenters. The molecule has 3 nitrogen and oxygen atoms in total. The third-order valence-corrected chi connectivity index (χ3v) is 3.79. The van der Waals surface area contributed by atoms with E-state index in [4.69, 9.17) is 9.47 Å². The zero-order valence-corrected chi connectivity index (χ0v) is 12.2. The predicted molar refractivity (Wildman–Crippen MR) is 78.2 cm³/mol. The van der Waals surface area contributed by atoms with Gasteiger partial charge in [0.25, 0.3) is 0 Å². The van der Waals surface area contributed by atoms with Crippen LogP contribution in [-0.2, 0) is 0 Å². The molecule has 0 saturated carbocycles. The summed E-state index contributed by atoms with van der Waals surface area (Å²) in [5.74, 6) is 2.24. The lowest BCUT2D eigenvalue weighted by atomic mass is 9.91. The first-order valence-corrected chi connectivity index (χ1v) is 7.39. The van der Waals surface area contributed by atoms with Crippen molar-refractivity contribution in [3.63, 3.8) is 0 Å². The quantitative estimate of drug-likeness (QED) is 0.854. The van der Waals surface area contributed by atoms with Crippen molar-refractivity contribution in [2.45, 2.75) is 45.6 Å². The van der Waals surface area contributed by atoms with Crippen LogP contribution in [0.5, 0.6) is 11.5 Å². The smallest absolute Gasteiger partial charge is 0.161 e. The number of nitrogens with one attached hydrogen (secondary N) is 1. The molecule has 0 aliphatic carbocycles. The molecule has 2 rings (SSSR count). The molecule has 1 aromatic carbocycles. The highest BCUT2D eigenvalue weighted by Gasteiger charge is 2.19. The van der Waals surface area contributed by atoms with Crippen LogP contribution in [0, 0.1) is 0 Å². The minimum Gasteiger partial charge on any atom is -0.486 e. The van der Waals surface area contributed by atoms with Crippen molar-refractivity contribution < 1.29 is 9.47 Å². The first-order chi connectivity index (χ1) is 9.26. The molecule has 1 aliphatic rings. The van der Waals surface area contributed by atoms with E-state index in [0.29, 0.717) is 25.2 Å². The third kappa shape index (κ3) is 3.41. The highest BCUT2D eigenvalue weighted by atomic mass is 16.6. The second-order valence-corrected chi connectivity index (χ2v) is 5.16. The highest BCUT2D eigenvalue weighted by Crippen LogP contribution is 2.34. The predicted octanol–water partition coefficient (Wildman–Crippen LogP) is 3.34. The number of fused-ring (bicyclic) bond motifs is 1. The summed E-state index contributed by atoms with van der Waals surface area (Å²) in [6.07, 6.45) is 2.31. The van der Waals surface area contributed by atoms with Gasteiger partial charge in [0.2, 0.25) is 0 Å². The van der Waals surface area contributed by atoms with Crippen molar-refractivity contribution in [3.8, 4) is 11.5 Å². The van der Waals surface area contributed by atoms with Gasteiger partial charge in [0, 0.05) is 6.04 Å². The normalized spacial score (nSPS) is 17.0. The number of hydrogen-bond acceptors (Lipinski definition) is 3. The van der Waals surface area contributed by atoms with Crippen LogP contribution < -0.4 is 14.8 Å². The van der Waals surface area contributed by atoms with Gasteiger partial charge in [0.1, 0.15) is 13.2 Å². The summed E-state index contributed by atoms with van der Waals surface area (Å²) in [5.41, 5.74) is 1.32. The van der Waals surface area contributed by atoms with Crippen LogP contribution in [0.25, 0.3) is 0 Å². The molecule has 1 N–H and O–H groups in total. The topological polar surface area (TPSA) is 30.5 Å². The Hall–Kier alpha value is -1.22. The summed E-state index contributed by atoms with van der Waals surface area (Å²) in [7, 11) is 0. The van der Waals surface area contributed by atoms with Gasteiger partial charge in [-0.2, -0.15) is 0 Å². The average Bonchev–Trinajstić information content (AvgIpc) is 2.47. The van der Waals surface area contributed by atoms with Crippen molar-refractivity contribution in [2.75, 3.05) is 19.8 Å². The van der Waals surface area contributed by atoms with E-state index in [9.17, 15) is 0 Å². The maximum atomic E-state index is 5.66. The molecule has 0 amide bonds. The molecule has 0 spiro atoms. The third-order valence-electron chi connectivity index (χ3n) is 3.79. The minimum atomic E-state index is 0.479. The average molecular weight is 263 g/mol. The van der Waals surface area contributed by atoms with Crippen molar-refractivity contribution in [1.82, 2.24) is 5.32 Å². The Morgan fingerprint density at radius 1 is 1.16 bits per heavy atom. The van der Waals surface area contributed by atoms with E-state index in [-0.39, 0.29) is 0 Å². The fourth-order valence-electron chi connectivity index (χ4n) is 2.58. The van der Waals surface area contributed by atoms with Crippen LogP contribution >= 0.6 is 0 Å². The van der Waals surface area contributed by atoms with Crippen LogP contribution in [0.4, 0.5) is 0 Å². The Morgan fingerprint density at radius 3 is 2.58 bits per heavy atom.